The predicted molar refractivity (Wildman–Crippen MR) is 46.0 cm³/mol. The normalized spacial score (nSPS) is 20.1. The Morgan fingerprint density at radius 1 is 1.62 bits per heavy atom. The third-order valence-corrected chi connectivity index (χ3v) is 1.67. The van der Waals surface area contributed by atoms with Gasteiger partial charge in [0.05, 0.1) is 6.54 Å². The molecule has 1 amide bonds. The Labute approximate surface area is 96.7 Å². The minimum atomic E-state index is -4.45. The number of guanidine groups is 1. The minimum absolute atomic E-state index is 0. The zero-order chi connectivity index (χ0) is 9.35. The van der Waals surface area contributed by atoms with Crippen LogP contribution in [0, 0.1) is 0 Å². The average molecular weight is 216 g/mol. The standard InChI is InChI=1S/C4H8N3O4P.Na/c1-7-2-3(8)5-4(7)6-12(9,10)11;/h2H2,1H3,(H3,5,6,8,9,10,11);. The Hall–Kier alpha value is 0.0900. The van der Waals surface area contributed by atoms with Crippen LogP contribution in [0.25, 0.3) is 0 Å². The fraction of sp³-hybridized carbons (Fsp3) is 0.500. The first-order valence-corrected chi connectivity index (χ1v) is 4.62. The second-order valence-corrected chi connectivity index (χ2v) is 3.57. The number of hydrogen-bond donors (Lipinski definition) is 3. The molecule has 1 fully saturated rings. The van der Waals surface area contributed by atoms with Crippen LogP contribution in [0.1, 0.15) is 0 Å². The van der Waals surface area contributed by atoms with Gasteiger partial charge < -0.3 is 14.7 Å². The summed E-state index contributed by atoms with van der Waals surface area (Å²) in [6.45, 7) is 0.0683. The number of amides is 1. The van der Waals surface area contributed by atoms with Gasteiger partial charge in [-0.15, -0.1) is 4.76 Å². The first-order chi connectivity index (χ1) is 5.38. The molecule has 9 heteroatoms. The van der Waals surface area contributed by atoms with Crippen molar-refractivity contribution < 1.29 is 19.1 Å². The molecule has 0 spiro atoms. The summed E-state index contributed by atoms with van der Waals surface area (Å²) >= 11 is 0. The summed E-state index contributed by atoms with van der Waals surface area (Å²) in [5.41, 5.74) is 0. The number of rotatable bonds is 1. The van der Waals surface area contributed by atoms with Crippen LogP contribution < -0.4 is 5.32 Å². The second kappa shape index (κ2) is 4.54. The van der Waals surface area contributed by atoms with E-state index in [4.69, 9.17) is 9.79 Å². The van der Waals surface area contributed by atoms with Crippen molar-refractivity contribution >= 4 is 49.2 Å². The zero-order valence-corrected chi connectivity index (χ0v) is 10.2. The first kappa shape index (κ1) is 13.1. The Bertz CT molecular complexity index is 287. The molecule has 69 valence electrons. The van der Waals surface area contributed by atoms with E-state index >= 15 is 0 Å². The number of likely N-dealkylation sites (N-methyl/N-ethyl adjacent to an activating group) is 1. The summed E-state index contributed by atoms with van der Waals surface area (Å²) in [5.74, 6) is -0.418. The van der Waals surface area contributed by atoms with Crippen molar-refractivity contribution in [2.75, 3.05) is 13.6 Å². The Morgan fingerprint density at radius 3 is 2.46 bits per heavy atom. The molecule has 1 aliphatic heterocycles. The number of nitrogens with zero attached hydrogens (tertiary/aromatic N) is 2. The van der Waals surface area contributed by atoms with Crippen LogP contribution in [-0.4, -0.2) is 69.7 Å². The van der Waals surface area contributed by atoms with E-state index in [1.807, 2.05) is 0 Å². The summed E-state index contributed by atoms with van der Waals surface area (Å²) in [4.78, 5) is 28.8. The molecular weight excluding hydrogens is 208 g/mol. The van der Waals surface area contributed by atoms with E-state index in [1.165, 1.54) is 11.9 Å². The molecule has 13 heavy (non-hydrogen) atoms. The van der Waals surface area contributed by atoms with Gasteiger partial charge in [-0.3, -0.25) is 10.1 Å². The third kappa shape index (κ3) is 4.21. The van der Waals surface area contributed by atoms with Gasteiger partial charge in [-0.2, -0.15) is 0 Å². The first-order valence-electron chi connectivity index (χ1n) is 3.05. The predicted octanol–water partition coefficient (Wildman–Crippen LogP) is -1.88. The molecular formula is C4H8N3NaO4P. The van der Waals surface area contributed by atoms with Crippen LogP contribution >= 0.6 is 7.75 Å². The van der Waals surface area contributed by atoms with Crippen LogP contribution in [0.15, 0.2) is 4.76 Å². The smallest absolute Gasteiger partial charge is 0.336 e. The molecule has 1 saturated heterocycles. The summed E-state index contributed by atoms with van der Waals surface area (Å²) in [6.07, 6.45) is 0. The molecule has 1 radical (unpaired) electrons. The van der Waals surface area contributed by atoms with Crippen LogP contribution in [0.3, 0.4) is 0 Å². The molecule has 7 nitrogen and oxygen atoms in total. The maximum Gasteiger partial charge on any atom is 0.451 e. The van der Waals surface area contributed by atoms with Crippen LogP contribution in [0.4, 0.5) is 0 Å². The summed E-state index contributed by atoms with van der Waals surface area (Å²) < 4.78 is 13.4. The number of hydrogen-bond acceptors (Lipinski definition) is 2. The number of carbonyl (C=O) groups is 1. The van der Waals surface area contributed by atoms with Gasteiger partial charge in [-0.25, -0.2) is 4.57 Å². The molecule has 0 saturated carbocycles. The van der Waals surface area contributed by atoms with Crippen LogP contribution in [0.5, 0.6) is 0 Å². The van der Waals surface area contributed by atoms with Gasteiger partial charge >= 0.3 is 7.75 Å². The Kier molecular flexibility index (Phi) is 4.58. The van der Waals surface area contributed by atoms with Crippen molar-refractivity contribution in [2.45, 2.75) is 0 Å². The van der Waals surface area contributed by atoms with Crippen molar-refractivity contribution in [3.05, 3.63) is 0 Å². The van der Waals surface area contributed by atoms with Crippen molar-refractivity contribution in [3.8, 4) is 0 Å². The van der Waals surface area contributed by atoms with Crippen molar-refractivity contribution in [1.82, 2.24) is 10.2 Å². The molecule has 3 N–H and O–H groups in total. The van der Waals surface area contributed by atoms with Crippen molar-refractivity contribution in [3.63, 3.8) is 0 Å². The van der Waals surface area contributed by atoms with Gasteiger partial charge in [0.2, 0.25) is 11.9 Å². The van der Waals surface area contributed by atoms with Gasteiger partial charge in [-0.1, -0.05) is 0 Å². The Balaban J connectivity index is 0.00000144. The van der Waals surface area contributed by atoms with Crippen molar-refractivity contribution in [2.24, 2.45) is 4.76 Å². The second-order valence-electron chi connectivity index (χ2n) is 2.34. The summed E-state index contributed by atoms with van der Waals surface area (Å²) in [6, 6.07) is 0. The molecule has 0 aromatic heterocycles. The fourth-order valence-corrected chi connectivity index (χ4v) is 1.22. The molecule has 0 atom stereocenters. The van der Waals surface area contributed by atoms with E-state index in [2.05, 4.69) is 10.1 Å². The van der Waals surface area contributed by atoms with E-state index in [0.29, 0.717) is 0 Å². The average Bonchev–Trinajstić information content (AvgIpc) is 2.06. The largest absolute Gasteiger partial charge is 0.451 e. The molecule has 1 heterocycles. The monoisotopic (exact) mass is 216 g/mol. The maximum atomic E-state index is 10.7. The maximum absolute atomic E-state index is 10.7. The molecule has 0 aromatic carbocycles. The van der Waals surface area contributed by atoms with Gasteiger partial charge in [0, 0.05) is 36.6 Å². The third-order valence-electron chi connectivity index (χ3n) is 1.22. The van der Waals surface area contributed by atoms with Gasteiger partial charge in [-0.05, 0) is 0 Å². The van der Waals surface area contributed by atoms with E-state index in [0.717, 1.165) is 0 Å². The van der Waals surface area contributed by atoms with E-state index in [-0.39, 0.29) is 48.0 Å². The number of nitrogens with one attached hydrogen (secondary N) is 1. The fourth-order valence-electron chi connectivity index (χ4n) is 0.775. The Morgan fingerprint density at radius 2 is 2.15 bits per heavy atom. The minimum Gasteiger partial charge on any atom is -0.336 e. The van der Waals surface area contributed by atoms with E-state index < -0.39 is 7.75 Å². The van der Waals surface area contributed by atoms with Gasteiger partial charge in [0.1, 0.15) is 0 Å². The molecule has 0 bridgehead atoms. The summed E-state index contributed by atoms with van der Waals surface area (Å²) in [5, 5.41) is 2.20. The molecule has 1 aliphatic rings. The SMILES string of the molecule is CN1CC(=O)N/C1=N\P(=O)(O)O.[Na]. The van der Waals surface area contributed by atoms with Crippen LogP contribution in [-0.2, 0) is 9.36 Å². The van der Waals surface area contributed by atoms with E-state index in [9.17, 15) is 9.36 Å². The number of carbonyl (C=O) groups excluding carboxylic acids is 1. The zero-order valence-electron chi connectivity index (χ0n) is 7.26. The quantitative estimate of drug-likeness (QED) is 0.351. The topological polar surface area (TPSA) is 102 Å². The molecule has 0 aliphatic carbocycles. The van der Waals surface area contributed by atoms with Gasteiger partial charge in [0.15, 0.2) is 0 Å². The van der Waals surface area contributed by atoms with Crippen LogP contribution in [0.2, 0.25) is 0 Å². The molecule has 0 unspecified atom stereocenters. The molecule has 1 rings (SSSR count). The van der Waals surface area contributed by atoms with Crippen molar-refractivity contribution in [1.29, 1.82) is 0 Å². The van der Waals surface area contributed by atoms with Gasteiger partial charge in [0.25, 0.3) is 0 Å². The summed E-state index contributed by atoms with van der Waals surface area (Å²) in [7, 11) is -2.94. The van der Waals surface area contributed by atoms with E-state index in [1.54, 1.807) is 0 Å². The molecule has 0 aromatic rings.